The molecule has 1 fully saturated rings. The Morgan fingerprint density at radius 3 is 2.85 bits per heavy atom. The number of nitrogens with zero attached hydrogens (tertiary/aromatic N) is 4. The standard InChI is InChI=1S/C17H23ClN6O2/c1-3-24-8-4-5-12(24)10-19-15-21-16(23-17(25)22-15)20-11-6-7-14(26-2)13(18)9-11/h6-7,9,12H,3-5,8,10H2,1-2H3,(H3,19,20,21,22,23,25). The van der Waals surface area contributed by atoms with Crippen LogP contribution >= 0.6 is 11.6 Å². The minimum absolute atomic E-state index is 0.236. The molecule has 26 heavy (non-hydrogen) atoms. The van der Waals surface area contributed by atoms with Crippen molar-refractivity contribution in [1.82, 2.24) is 19.9 Å². The first kappa shape index (κ1) is 18.5. The van der Waals surface area contributed by atoms with E-state index in [9.17, 15) is 5.11 Å². The summed E-state index contributed by atoms with van der Waals surface area (Å²) in [5.41, 5.74) is 0.681. The molecule has 0 bridgehead atoms. The number of nitrogens with one attached hydrogen (secondary N) is 2. The van der Waals surface area contributed by atoms with Gasteiger partial charge in [-0.2, -0.15) is 15.0 Å². The summed E-state index contributed by atoms with van der Waals surface area (Å²) < 4.78 is 5.13. The van der Waals surface area contributed by atoms with Crippen molar-refractivity contribution < 1.29 is 9.84 Å². The third kappa shape index (κ3) is 4.44. The molecule has 2 aromatic rings. The first-order chi connectivity index (χ1) is 12.6. The fraction of sp³-hybridized carbons (Fsp3) is 0.471. The van der Waals surface area contributed by atoms with Gasteiger partial charge in [0.25, 0.3) is 0 Å². The Morgan fingerprint density at radius 2 is 2.12 bits per heavy atom. The number of aromatic hydroxyl groups is 1. The molecule has 1 aliphatic heterocycles. The zero-order valence-corrected chi connectivity index (χ0v) is 15.6. The molecule has 0 aliphatic carbocycles. The van der Waals surface area contributed by atoms with Crippen LogP contribution in [-0.2, 0) is 0 Å². The van der Waals surface area contributed by atoms with Crippen LogP contribution in [0.2, 0.25) is 5.02 Å². The lowest BCUT2D eigenvalue weighted by Crippen LogP contribution is -2.34. The van der Waals surface area contributed by atoms with E-state index in [1.807, 2.05) is 0 Å². The number of methoxy groups -OCH3 is 1. The molecule has 2 heterocycles. The second kappa shape index (κ2) is 8.37. The maximum atomic E-state index is 9.80. The smallest absolute Gasteiger partial charge is 0.320 e. The van der Waals surface area contributed by atoms with E-state index >= 15 is 0 Å². The molecule has 1 aromatic carbocycles. The van der Waals surface area contributed by atoms with Gasteiger partial charge < -0.3 is 20.5 Å². The van der Waals surface area contributed by atoms with Crippen LogP contribution in [0.4, 0.5) is 17.6 Å². The van der Waals surface area contributed by atoms with Crippen molar-refractivity contribution in [3.8, 4) is 11.8 Å². The quantitative estimate of drug-likeness (QED) is 0.677. The van der Waals surface area contributed by atoms with E-state index in [0.29, 0.717) is 28.4 Å². The first-order valence-corrected chi connectivity index (χ1v) is 9.00. The number of hydrogen-bond acceptors (Lipinski definition) is 8. The van der Waals surface area contributed by atoms with Crippen LogP contribution in [0.25, 0.3) is 0 Å². The Balaban J connectivity index is 1.68. The fourth-order valence-corrected chi connectivity index (χ4v) is 3.38. The second-order valence-corrected chi connectivity index (χ2v) is 6.47. The third-order valence-electron chi connectivity index (χ3n) is 4.43. The van der Waals surface area contributed by atoms with Crippen LogP contribution in [0.15, 0.2) is 18.2 Å². The predicted octanol–water partition coefficient (Wildman–Crippen LogP) is 2.88. The Labute approximate surface area is 157 Å². The van der Waals surface area contributed by atoms with Gasteiger partial charge in [0.1, 0.15) is 5.75 Å². The second-order valence-electron chi connectivity index (χ2n) is 6.06. The monoisotopic (exact) mass is 378 g/mol. The highest BCUT2D eigenvalue weighted by molar-refractivity contribution is 6.32. The highest BCUT2D eigenvalue weighted by atomic mass is 35.5. The van der Waals surface area contributed by atoms with Crippen molar-refractivity contribution >= 4 is 29.2 Å². The van der Waals surface area contributed by atoms with Crippen molar-refractivity contribution in [1.29, 1.82) is 0 Å². The molecule has 1 aliphatic rings. The molecule has 1 unspecified atom stereocenters. The number of likely N-dealkylation sites (tertiary alicyclic amines) is 1. The van der Waals surface area contributed by atoms with Gasteiger partial charge in [-0.1, -0.05) is 18.5 Å². The maximum Gasteiger partial charge on any atom is 0.320 e. The molecule has 9 heteroatoms. The molecule has 3 N–H and O–H groups in total. The maximum absolute atomic E-state index is 9.80. The number of ether oxygens (including phenoxy) is 1. The Hall–Kier alpha value is -2.32. The normalized spacial score (nSPS) is 17.3. The zero-order chi connectivity index (χ0) is 18.5. The number of rotatable bonds is 7. The average Bonchev–Trinajstić information content (AvgIpc) is 3.07. The number of halogens is 1. The van der Waals surface area contributed by atoms with E-state index in [0.717, 1.165) is 26.1 Å². The number of anilines is 3. The molecule has 8 nitrogen and oxygen atoms in total. The van der Waals surface area contributed by atoms with Gasteiger partial charge in [-0.15, -0.1) is 0 Å². The molecular weight excluding hydrogens is 356 g/mol. The van der Waals surface area contributed by atoms with Crippen molar-refractivity contribution in [3.63, 3.8) is 0 Å². The van der Waals surface area contributed by atoms with Gasteiger partial charge in [0.2, 0.25) is 11.9 Å². The first-order valence-electron chi connectivity index (χ1n) is 8.62. The topological polar surface area (TPSA) is 95.4 Å². The van der Waals surface area contributed by atoms with E-state index < -0.39 is 0 Å². The summed E-state index contributed by atoms with van der Waals surface area (Å²) >= 11 is 6.12. The van der Waals surface area contributed by atoms with E-state index in [-0.39, 0.29) is 12.0 Å². The molecule has 140 valence electrons. The summed E-state index contributed by atoms with van der Waals surface area (Å²) in [6.45, 7) is 5.04. The van der Waals surface area contributed by atoms with Crippen LogP contribution in [0.3, 0.4) is 0 Å². The zero-order valence-electron chi connectivity index (χ0n) is 14.9. The lowest BCUT2D eigenvalue weighted by atomic mass is 10.2. The molecule has 1 aromatic heterocycles. The van der Waals surface area contributed by atoms with Gasteiger partial charge in [0, 0.05) is 18.3 Å². The van der Waals surface area contributed by atoms with E-state index in [4.69, 9.17) is 16.3 Å². The Bertz CT molecular complexity index is 760. The van der Waals surface area contributed by atoms with Crippen LogP contribution in [-0.4, -0.2) is 57.7 Å². The van der Waals surface area contributed by atoms with Crippen molar-refractivity contribution in [2.75, 3.05) is 37.4 Å². The van der Waals surface area contributed by atoms with Gasteiger partial charge in [0.05, 0.1) is 12.1 Å². The minimum Gasteiger partial charge on any atom is -0.495 e. The van der Waals surface area contributed by atoms with Gasteiger partial charge >= 0.3 is 6.01 Å². The lowest BCUT2D eigenvalue weighted by molar-refractivity contribution is 0.276. The van der Waals surface area contributed by atoms with Crippen LogP contribution in [0.5, 0.6) is 11.8 Å². The van der Waals surface area contributed by atoms with E-state index in [1.54, 1.807) is 25.3 Å². The molecule has 0 saturated carbocycles. The number of hydrogen-bond donors (Lipinski definition) is 3. The fourth-order valence-electron chi connectivity index (χ4n) is 3.12. The van der Waals surface area contributed by atoms with Gasteiger partial charge in [-0.25, -0.2) is 0 Å². The molecular formula is C17H23ClN6O2. The van der Waals surface area contributed by atoms with Crippen molar-refractivity contribution in [2.45, 2.75) is 25.8 Å². The van der Waals surface area contributed by atoms with Crippen LogP contribution in [0.1, 0.15) is 19.8 Å². The summed E-state index contributed by atoms with van der Waals surface area (Å²) in [5.74, 6) is 1.15. The van der Waals surface area contributed by atoms with Gasteiger partial charge in [0.15, 0.2) is 0 Å². The molecule has 0 amide bonds. The molecule has 0 spiro atoms. The summed E-state index contributed by atoms with van der Waals surface area (Å²) in [4.78, 5) is 14.6. The summed E-state index contributed by atoms with van der Waals surface area (Å²) in [5, 5.41) is 16.5. The molecule has 1 saturated heterocycles. The Morgan fingerprint density at radius 1 is 1.31 bits per heavy atom. The predicted molar refractivity (Wildman–Crippen MR) is 102 cm³/mol. The highest BCUT2D eigenvalue weighted by Crippen LogP contribution is 2.28. The van der Waals surface area contributed by atoms with E-state index in [1.165, 1.54) is 6.42 Å². The van der Waals surface area contributed by atoms with E-state index in [2.05, 4.69) is 37.4 Å². The van der Waals surface area contributed by atoms with Crippen LogP contribution in [0, 0.1) is 0 Å². The SMILES string of the molecule is CCN1CCCC1CNc1nc(O)nc(Nc2ccc(OC)c(Cl)c2)n1. The van der Waals surface area contributed by atoms with Gasteiger partial charge in [-0.3, -0.25) is 4.90 Å². The van der Waals surface area contributed by atoms with Crippen molar-refractivity contribution in [3.05, 3.63) is 23.2 Å². The molecule has 3 rings (SSSR count). The third-order valence-corrected chi connectivity index (χ3v) is 4.73. The summed E-state index contributed by atoms with van der Waals surface area (Å²) in [6, 6.07) is 5.34. The summed E-state index contributed by atoms with van der Waals surface area (Å²) in [7, 11) is 1.56. The minimum atomic E-state index is -0.344. The molecule has 1 atom stereocenters. The number of benzene rings is 1. The largest absolute Gasteiger partial charge is 0.495 e. The van der Waals surface area contributed by atoms with Crippen molar-refractivity contribution in [2.24, 2.45) is 0 Å². The number of aromatic nitrogens is 3. The van der Waals surface area contributed by atoms with Gasteiger partial charge in [-0.05, 0) is 44.1 Å². The average molecular weight is 379 g/mol. The highest BCUT2D eigenvalue weighted by Gasteiger charge is 2.22. The Kier molecular flexibility index (Phi) is 5.95. The lowest BCUT2D eigenvalue weighted by Gasteiger charge is -2.22. The summed E-state index contributed by atoms with van der Waals surface area (Å²) in [6.07, 6.45) is 2.35. The molecule has 0 radical (unpaired) electrons. The number of likely N-dealkylation sites (N-methyl/N-ethyl adjacent to an activating group) is 1. The van der Waals surface area contributed by atoms with Crippen LogP contribution < -0.4 is 15.4 Å².